The summed E-state index contributed by atoms with van der Waals surface area (Å²) in [5.41, 5.74) is 21.3. The maximum atomic E-state index is 12.8. The first-order valence-corrected chi connectivity index (χ1v) is 11.1. The second-order valence-corrected chi connectivity index (χ2v) is 8.41. The van der Waals surface area contributed by atoms with Gasteiger partial charge in [-0.1, -0.05) is 13.8 Å². The number of carbonyl (C=O) groups is 5. The van der Waals surface area contributed by atoms with Crippen molar-refractivity contribution < 1.29 is 34.2 Å². The largest absolute Gasteiger partial charge is 0.480 e. The van der Waals surface area contributed by atoms with Crippen LogP contribution in [-0.2, 0) is 24.0 Å². The van der Waals surface area contributed by atoms with Crippen LogP contribution in [0.3, 0.4) is 0 Å². The van der Waals surface area contributed by atoms with Gasteiger partial charge in [-0.25, -0.2) is 4.79 Å². The van der Waals surface area contributed by atoms with E-state index in [2.05, 4.69) is 20.9 Å². The summed E-state index contributed by atoms with van der Waals surface area (Å²) < 4.78 is 0. The zero-order valence-corrected chi connectivity index (χ0v) is 20.2. The Bertz CT molecular complexity index is 783. The Morgan fingerprint density at radius 2 is 1.43 bits per heavy atom. The van der Waals surface area contributed by atoms with Crippen LogP contribution in [0.1, 0.15) is 46.5 Å². The number of rotatable bonds is 16. The van der Waals surface area contributed by atoms with Crippen molar-refractivity contribution in [2.24, 2.45) is 33.8 Å². The molecule has 0 spiro atoms. The van der Waals surface area contributed by atoms with Crippen molar-refractivity contribution in [3.63, 3.8) is 0 Å². The summed E-state index contributed by atoms with van der Waals surface area (Å²) in [6.07, 6.45) is -1.70. The smallest absolute Gasteiger partial charge is 0.326 e. The normalized spacial score (nSPS) is 15.1. The number of guanidine groups is 1. The highest BCUT2D eigenvalue weighted by atomic mass is 16.4. The fraction of sp³-hybridized carbons (Fsp3) is 0.700. The molecule has 0 fully saturated rings. The number of aliphatic hydroxyl groups is 1. The molecule has 0 aromatic heterocycles. The number of aliphatic imine (C=N–C) groups is 1. The molecule has 0 radical (unpaired) electrons. The first kappa shape index (κ1) is 31.5. The van der Waals surface area contributed by atoms with Crippen molar-refractivity contribution in [3.8, 4) is 0 Å². The Balaban J connectivity index is 5.48. The lowest BCUT2D eigenvalue weighted by molar-refractivity contribution is -0.142. The van der Waals surface area contributed by atoms with Crippen LogP contribution in [0.5, 0.6) is 0 Å². The van der Waals surface area contributed by atoms with Crippen LogP contribution in [0.25, 0.3) is 0 Å². The van der Waals surface area contributed by atoms with Gasteiger partial charge in [-0.3, -0.25) is 24.2 Å². The number of nitrogens with zero attached hydrogens (tertiary/aromatic N) is 1. The van der Waals surface area contributed by atoms with Gasteiger partial charge >= 0.3 is 5.97 Å². The second kappa shape index (κ2) is 15.4. The topological polar surface area (TPSA) is 278 Å². The van der Waals surface area contributed by atoms with Gasteiger partial charge in [-0.2, -0.15) is 0 Å². The van der Waals surface area contributed by atoms with E-state index in [0.29, 0.717) is 0 Å². The zero-order chi connectivity index (χ0) is 27.3. The first-order chi connectivity index (χ1) is 16.2. The van der Waals surface area contributed by atoms with Gasteiger partial charge in [-0.15, -0.1) is 0 Å². The molecule has 5 unspecified atom stereocenters. The number of carbonyl (C=O) groups excluding carboxylic acids is 4. The molecule has 0 aliphatic rings. The van der Waals surface area contributed by atoms with Crippen LogP contribution in [0.4, 0.5) is 0 Å². The highest BCUT2D eigenvalue weighted by Gasteiger charge is 2.32. The molecular weight excluding hydrogens is 464 g/mol. The number of nitrogens with two attached hydrogens (primary N) is 4. The van der Waals surface area contributed by atoms with Crippen LogP contribution in [0, 0.1) is 5.92 Å². The molecule has 13 N–H and O–H groups in total. The average molecular weight is 503 g/mol. The molecule has 0 aliphatic carbocycles. The van der Waals surface area contributed by atoms with Gasteiger partial charge in [0.2, 0.25) is 23.6 Å². The highest BCUT2D eigenvalue weighted by Crippen LogP contribution is 2.05. The minimum Gasteiger partial charge on any atom is -0.480 e. The molecule has 4 amide bonds. The van der Waals surface area contributed by atoms with Crippen LogP contribution in [0.2, 0.25) is 0 Å². The van der Waals surface area contributed by atoms with Crippen LogP contribution < -0.4 is 38.9 Å². The fourth-order valence-electron chi connectivity index (χ4n) is 2.81. The van der Waals surface area contributed by atoms with Crippen molar-refractivity contribution >= 4 is 35.6 Å². The third kappa shape index (κ3) is 12.5. The van der Waals surface area contributed by atoms with Crippen LogP contribution in [0.15, 0.2) is 4.99 Å². The van der Waals surface area contributed by atoms with Crippen molar-refractivity contribution in [2.75, 3.05) is 6.54 Å². The van der Waals surface area contributed by atoms with Gasteiger partial charge in [0.15, 0.2) is 5.96 Å². The predicted molar refractivity (Wildman–Crippen MR) is 126 cm³/mol. The molecule has 0 aliphatic heterocycles. The van der Waals surface area contributed by atoms with E-state index in [9.17, 15) is 34.2 Å². The van der Waals surface area contributed by atoms with E-state index in [1.54, 1.807) is 13.8 Å². The Labute approximate surface area is 203 Å². The Kier molecular flexibility index (Phi) is 13.9. The Morgan fingerprint density at radius 3 is 1.89 bits per heavy atom. The molecule has 15 nitrogen and oxygen atoms in total. The van der Waals surface area contributed by atoms with E-state index >= 15 is 0 Å². The summed E-state index contributed by atoms with van der Waals surface area (Å²) in [5, 5.41) is 26.4. The molecule has 0 saturated heterocycles. The predicted octanol–water partition coefficient (Wildman–Crippen LogP) is -3.79. The molecule has 35 heavy (non-hydrogen) atoms. The number of aliphatic carboxylic acids is 1. The highest BCUT2D eigenvalue weighted by molar-refractivity contribution is 5.94. The Morgan fingerprint density at radius 1 is 0.857 bits per heavy atom. The summed E-state index contributed by atoms with van der Waals surface area (Å²) in [7, 11) is 0. The zero-order valence-electron chi connectivity index (χ0n) is 20.2. The molecular formula is C20H38N8O7. The van der Waals surface area contributed by atoms with Gasteiger partial charge in [-0.05, 0) is 32.1 Å². The van der Waals surface area contributed by atoms with E-state index in [0.717, 1.165) is 0 Å². The SMILES string of the molecule is CC(C)C(N)C(=O)NC(C(=O)NC(CCC(N)=O)C(=O)NC(CCCN=C(N)N)C(=O)O)C(C)O. The van der Waals surface area contributed by atoms with E-state index < -0.39 is 59.9 Å². The lowest BCUT2D eigenvalue weighted by Crippen LogP contribution is -2.60. The van der Waals surface area contributed by atoms with E-state index in [1.807, 2.05) is 0 Å². The Hall–Kier alpha value is -3.46. The van der Waals surface area contributed by atoms with E-state index in [1.165, 1.54) is 6.92 Å². The second-order valence-electron chi connectivity index (χ2n) is 8.41. The number of primary amides is 1. The molecule has 15 heteroatoms. The number of amides is 4. The summed E-state index contributed by atoms with van der Waals surface area (Å²) in [6.45, 7) is 4.78. The molecule has 0 bridgehead atoms. The fourth-order valence-corrected chi connectivity index (χ4v) is 2.81. The number of carboxylic acid groups (broad SMARTS) is 1. The first-order valence-electron chi connectivity index (χ1n) is 11.1. The minimum atomic E-state index is -1.47. The molecule has 0 aromatic rings. The lowest BCUT2D eigenvalue weighted by atomic mass is 10.0. The van der Waals surface area contributed by atoms with Crippen molar-refractivity contribution in [3.05, 3.63) is 0 Å². The minimum absolute atomic E-state index is 0.0201. The van der Waals surface area contributed by atoms with Gasteiger partial charge in [0.05, 0.1) is 12.1 Å². The molecule has 0 saturated carbocycles. The third-order valence-electron chi connectivity index (χ3n) is 4.96. The van der Waals surface area contributed by atoms with E-state index in [4.69, 9.17) is 22.9 Å². The summed E-state index contributed by atoms with van der Waals surface area (Å²) in [5.74, 6) is -5.03. The quantitative estimate of drug-likeness (QED) is 0.0563. The number of carboxylic acids is 1. The standard InChI is InChI=1S/C20H38N8O7/c1-9(2)14(22)17(32)28-15(10(3)29)18(33)26-11(6-7-13(21)30)16(31)27-12(19(34)35)5-4-8-25-20(23)24/h9-12,14-15,29H,4-8,22H2,1-3H3,(H2,21,30)(H,26,33)(H,27,31)(H,28,32)(H,34,35)(H4,23,24,25). The number of hydrogen-bond acceptors (Lipinski definition) is 8. The van der Waals surface area contributed by atoms with Crippen molar-refractivity contribution in [1.82, 2.24) is 16.0 Å². The summed E-state index contributed by atoms with van der Waals surface area (Å²) in [4.78, 5) is 64.4. The van der Waals surface area contributed by atoms with Crippen molar-refractivity contribution in [1.29, 1.82) is 0 Å². The van der Waals surface area contributed by atoms with Crippen molar-refractivity contribution in [2.45, 2.75) is 76.7 Å². The van der Waals surface area contributed by atoms with Gasteiger partial charge in [0.1, 0.15) is 18.1 Å². The maximum absolute atomic E-state index is 12.8. The van der Waals surface area contributed by atoms with Crippen LogP contribution >= 0.6 is 0 Å². The van der Waals surface area contributed by atoms with E-state index in [-0.39, 0.29) is 44.1 Å². The summed E-state index contributed by atoms with van der Waals surface area (Å²) in [6, 6.07) is -5.13. The van der Waals surface area contributed by atoms with Gasteiger partial charge < -0.3 is 49.1 Å². The number of hydrogen-bond donors (Lipinski definition) is 9. The molecule has 200 valence electrons. The monoisotopic (exact) mass is 502 g/mol. The number of aliphatic hydroxyl groups excluding tert-OH is 1. The molecule has 0 aromatic carbocycles. The van der Waals surface area contributed by atoms with Crippen LogP contribution in [-0.4, -0.2) is 82.6 Å². The number of nitrogens with one attached hydrogen (secondary N) is 3. The summed E-state index contributed by atoms with van der Waals surface area (Å²) >= 11 is 0. The lowest BCUT2D eigenvalue weighted by Gasteiger charge is -2.27. The average Bonchev–Trinajstić information content (AvgIpc) is 2.74. The molecule has 0 rings (SSSR count). The third-order valence-corrected chi connectivity index (χ3v) is 4.96. The molecule has 5 atom stereocenters. The molecule has 0 heterocycles. The van der Waals surface area contributed by atoms with Gasteiger partial charge in [0, 0.05) is 13.0 Å². The maximum Gasteiger partial charge on any atom is 0.326 e. The van der Waals surface area contributed by atoms with Gasteiger partial charge in [0.25, 0.3) is 0 Å².